The van der Waals surface area contributed by atoms with Gasteiger partial charge < -0.3 is 11.1 Å². The van der Waals surface area contributed by atoms with Gasteiger partial charge in [-0.3, -0.25) is 4.79 Å². The van der Waals surface area contributed by atoms with E-state index in [1.807, 2.05) is 6.92 Å². The Kier molecular flexibility index (Phi) is 4.66. The van der Waals surface area contributed by atoms with Crippen LogP contribution in [-0.2, 0) is 4.79 Å². The molecule has 1 aliphatic carbocycles. The zero-order valence-electron chi connectivity index (χ0n) is 8.83. The number of hydrogen-bond acceptors (Lipinski definition) is 2. The van der Waals surface area contributed by atoms with Crippen molar-refractivity contribution < 1.29 is 4.79 Å². The van der Waals surface area contributed by atoms with Gasteiger partial charge >= 0.3 is 0 Å². The predicted molar refractivity (Wildman–Crippen MR) is 57.8 cm³/mol. The number of hydrogen-bond donors (Lipinski definition) is 2. The molecule has 0 saturated carbocycles. The highest BCUT2D eigenvalue weighted by Crippen LogP contribution is 2.11. The molecule has 1 aliphatic rings. The first-order valence-electron chi connectivity index (χ1n) is 5.43. The third-order valence-electron chi connectivity index (χ3n) is 2.76. The van der Waals surface area contributed by atoms with Crippen LogP contribution in [0.25, 0.3) is 0 Å². The van der Waals surface area contributed by atoms with E-state index in [1.54, 1.807) is 0 Å². The molecule has 14 heavy (non-hydrogen) atoms. The number of nitrogens with two attached hydrogens (primary N) is 1. The Hall–Kier alpha value is -0.830. The first-order chi connectivity index (χ1) is 6.77. The maximum absolute atomic E-state index is 11.7. The Morgan fingerprint density at radius 1 is 1.64 bits per heavy atom. The van der Waals surface area contributed by atoms with E-state index in [1.165, 1.54) is 0 Å². The molecule has 0 aliphatic heterocycles. The highest BCUT2D eigenvalue weighted by molar-refractivity contribution is 5.79. The maximum atomic E-state index is 11.7. The van der Waals surface area contributed by atoms with E-state index in [2.05, 4.69) is 17.5 Å². The highest BCUT2D eigenvalue weighted by atomic mass is 16.1. The number of carbonyl (C=O) groups excluding carboxylic acids is 1. The zero-order valence-corrected chi connectivity index (χ0v) is 8.83. The topological polar surface area (TPSA) is 55.1 Å². The van der Waals surface area contributed by atoms with Crippen molar-refractivity contribution >= 4 is 5.91 Å². The van der Waals surface area contributed by atoms with Crippen molar-refractivity contribution in [2.24, 2.45) is 11.7 Å². The number of nitrogens with one attached hydrogen (secondary N) is 1. The standard InChI is InChI=1S/C11H20N2O/c1-2-9(8-12)11(14)13-10-6-4-3-5-7-10/h3-4,9-10H,2,5-8,12H2,1H3,(H,13,14). The van der Waals surface area contributed by atoms with E-state index in [0.717, 1.165) is 25.7 Å². The second-order valence-corrected chi connectivity index (χ2v) is 3.83. The van der Waals surface area contributed by atoms with E-state index >= 15 is 0 Å². The molecule has 1 amide bonds. The molecule has 0 aromatic carbocycles. The molecule has 0 heterocycles. The minimum absolute atomic E-state index is 0.0130. The third-order valence-corrected chi connectivity index (χ3v) is 2.76. The summed E-state index contributed by atoms with van der Waals surface area (Å²) in [5.41, 5.74) is 5.51. The van der Waals surface area contributed by atoms with Crippen molar-refractivity contribution in [1.29, 1.82) is 0 Å². The van der Waals surface area contributed by atoms with Crippen molar-refractivity contribution in [3.8, 4) is 0 Å². The van der Waals surface area contributed by atoms with Gasteiger partial charge in [0.25, 0.3) is 0 Å². The van der Waals surface area contributed by atoms with Crippen LogP contribution in [0, 0.1) is 5.92 Å². The van der Waals surface area contributed by atoms with Crippen LogP contribution < -0.4 is 11.1 Å². The van der Waals surface area contributed by atoms with Gasteiger partial charge in [-0.05, 0) is 25.7 Å². The summed E-state index contributed by atoms with van der Waals surface area (Å²) >= 11 is 0. The number of allylic oxidation sites excluding steroid dienone is 1. The molecule has 0 radical (unpaired) electrons. The number of rotatable bonds is 4. The molecule has 0 fully saturated rings. The van der Waals surface area contributed by atoms with Gasteiger partial charge in [-0.15, -0.1) is 0 Å². The third kappa shape index (κ3) is 3.14. The summed E-state index contributed by atoms with van der Waals surface area (Å²) in [5, 5.41) is 3.05. The van der Waals surface area contributed by atoms with Crippen LogP contribution in [0.15, 0.2) is 12.2 Å². The normalized spacial score (nSPS) is 23.1. The lowest BCUT2D eigenvalue weighted by Gasteiger charge is -2.22. The first kappa shape index (κ1) is 11.2. The fourth-order valence-electron chi connectivity index (χ4n) is 1.70. The molecule has 3 heteroatoms. The number of amides is 1. The molecular weight excluding hydrogens is 176 g/mol. The Labute approximate surface area is 85.7 Å². The molecular formula is C11H20N2O. The summed E-state index contributed by atoms with van der Waals surface area (Å²) < 4.78 is 0. The second kappa shape index (κ2) is 5.81. The van der Waals surface area contributed by atoms with Gasteiger partial charge in [0.2, 0.25) is 5.91 Å². The summed E-state index contributed by atoms with van der Waals surface area (Å²) in [6.45, 7) is 2.45. The monoisotopic (exact) mass is 196 g/mol. The molecule has 0 spiro atoms. The SMILES string of the molecule is CCC(CN)C(=O)NC1CC=CCC1. The van der Waals surface area contributed by atoms with Gasteiger partial charge in [0.15, 0.2) is 0 Å². The molecule has 1 rings (SSSR count). The molecule has 3 N–H and O–H groups in total. The lowest BCUT2D eigenvalue weighted by Crippen LogP contribution is -2.41. The molecule has 2 unspecified atom stereocenters. The number of carbonyl (C=O) groups is 1. The van der Waals surface area contributed by atoms with Gasteiger partial charge in [0, 0.05) is 18.5 Å². The van der Waals surface area contributed by atoms with E-state index in [9.17, 15) is 4.79 Å². The largest absolute Gasteiger partial charge is 0.353 e. The summed E-state index contributed by atoms with van der Waals surface area (Å²) in [7, 11) is 0. The molecule has 2 atom stereocenters. The van der Waals surface area contributed by atoms with Crippen molar-refractivity contribution in [3.63, 3.8) is 0 Å². The van der Waals surface area contributed by atoms with Crippen LogP contribution in [0.4, 0.5) is 0 Å². The Morgan fingerprint density at radius 3 is 2.93 bits per heavy atom. The molecule has 3 nitrogen and oxygen atoms in total. The van der Waals surface area contributed by atoms with Gasteiger partial charge in [0.1, 0.15) is 0 Å². The van der Waals surface area contributed by atoms with E-state index in [0.29, 0.717) is 12.6 Å². The van der Waals surface area contributed by atoms with Gasteiger partial charge in [-0.2, -0.15) is 0 Å². The van der Waals surface area contributed by atoms with Crippen LogP contribution >= 0.6 is 0 Å². The van der Waals surface area contributed by atoms with Crippen molar-refractivity contribution in [2.75, 3.05) is 6.54 Å². The van der Waals surface area contributed by atoms with Gasteiger partial charge in [0.05, 0.1) is 0 Å². The molecule has 0 aromatic heterocycles. The fraction of sp³-hybridized carbons (Fsp3) is 0.727. The lowest BCUT2D eigenvalue weighted by molar-refractivity contribution is -0.125. The summed E-state index contributed by atoms with van der Waals surface area (Å²) in [5.74, 6) is 0.108. The van der Waals surface area contributed by atoms with Gasteiger partial charge in [-0.25, -0.2) is 0 Å². The van der Waals surface area contributed by atoms with Crippen LogP contribution in [0.2, 0.25) is 0 Å². The Balaban J connectivity index is 2.35. The minimum Gasteiger partial charge on any atom is -0.353 e. The quantitative estimate of drug-likeness (QED) is 0.664. The van der Waals surface area contributed by atoms with Crippen LogP contribution in [0.5, 0.6) is 0 Å². The predicted octanol–water partition coefficient (Wildman–Crippen LogP) is 1.20. The van der Waals surface area contributed by atoms with E-state index in [4.69, 9.17) is 5.73 Å². The fourth-order valence-corrected chi connectivity index (χ4v) is 1.70. The smallest absolute Gasteiger partial charge is 0.224 e. The van der Waals surface area contributed by atoms with E-state index in [-0.39, 0.29) is 11.8 Å². The average Bonchev–Trinajstić information content (AvgIpc) is 2.21. The highest BCUT2D eigenvalue weighted by Gasteiger charge is 2.18. The molecule has 0 bridgehead atoms. The van der Waals surface area contributed by atoms with Crippen LogP contribution in [0.1, 0.15) is 32.6 Å². The van der Waals surface area contributed by atoms with Crippen molar-refractivity contribution in [3.05, 3.63) is 12.2 Å². The Bertz CT molecular complexity index is 209. The van der Waals surface area contributed by atoms with Gasteiger partial charge in [-0.1, -0.05) is 19.1 Å². The molecule has 0 saturated heterocycles. The summed E-state index contributed by atoms with van der Waals surface area (Å²) in [4.78, 5) is 11.7. The van der Waals surface area contributed by atoms with E-state index < -0.39 is 0 Å². The second-order valence-electron chi connectivity index (χ2n) is 3.83. The average molecular weight is 196 g/mol. The first-order valence-corrected chi connectivity index (χ1v) is 5.43. The van der Waals surface area contributed by atoms with Crippen LogP contribution in [0.3, 0.4) is 0 Å². The summed E-state index contributed by atoms with van der Waals surface area (Å²) in [6.07, 6.45) is 8.23. The molecule has 80 valence electrons. The zero-order chi connectivity index (χ0) is 10.4. The van der Waals surface area contributed by atoms with Crippen LogP contribution in [-0.4, -0.2) is 18.5 Å². The van der Waals surface area contributed by atoms with Crippen molar-refractivity contribution in [1.82, 2.24) is 5.32 Å². The Morgan fingerprint density at radius 2 is 2.43 bits per heavy atom. The molecule has 0 aromatic rings. The van der Waals surface area contributed by atoms with Crippen molar-refractivity contribution in [2.45, 2.75) is 38.6 Å². The summed E-state index contributed by atoms with van der Waals surface area (Å²) in [6, 6.07) is 0.327. The lowest BCUT2D eigenvalue weighted by atomic mass is 10.00. The minimum atomic E-state index is -0.0130. The maximum Gasteiger partial charge on any atom is 0.224 e.